The van der Waals surface area contributed by atoms with E-state index in [0.717, 1.165) is 22.3 Å². The summed E-state index contributed by atoms with van der Waals surface area (Å²) in [6.07, 6.45) is 0. The maximum Gasteiger partial charge on any atom is 0.336 e. The van der Waals surface area contributed by atoms with E-state index in [1.165, 1.54) is 12.1 Å². The molecule has 0 aliphatic heterocycles. The Morgan fingerprint density at radius 3 is 1.54 bits per heavy atom. The first-order valence-corrected chi connectivity index (χ1v) is 16.1. The highest BCUT2D eigenvalue weighted by atomic mass is 35.5. The molecule has 0 heterocycles. The lowest BCUT2D eigenvalue weighted by atomic mass is 9.98. The molecule has 10 heteroatoms. The van der Waals surface area contributed by atoms with Gasteiger partial charge < -0.3 is 15.5 Å². The molecule has 0 aromatic heterocycles. The molecule has 4 N–H and O–H groups in total. The molecular weight excluding hydrogens is 675 g/mol. The van der Waals surface area contributed by atoms with Gasteiger partial charge in [0.25, 0.3) is 5.91 Å². The lowest BCUT2D eigenvalue weighted by Crippen LogP contribution is -2.16. The standard InChI is InChI=1S/C40H28Cl2N2O6/c41-34-21-28(14-17-36(34)43-38(45)31-16-13-27(20-33(31)40(48)49)25-9-5-2-6-10-25)29-15-18-37(35(42)22-29)44-50-23-30-12-11-26(19-32(30)39(46)47)24-7-3-1-4-8-24/h1-22,44H,23H2,(H,43,45)(H,46,47)(H,48,49). The van der Waals surface area contributed by atoms with E-state index in [1.807, 2.05) is 66.7 Å². The van der Waals surface area contributed by atoms with Gasteiger partial charge in [-0.15, -0.1) is 0 Å². The van der Waals surface area contributed by atoms with E-state index in [2.05, 4.69) is 10.8 Å². The molecule has 0 saturated heterocycles. The largest absolute Gasteiger partial charge is 0.478 e. The highest BCUT2D eigenvalue weighted by molar-refractivity contribution is 6.34. The molecule has 0 spiro atoms. The van der Waals surface area contributed by atoms with E-state index < -0.39 is 17.8 Å². The number of halogens is 2. The highest BCUT2D eigenvalue weighted by Crippen LogP contribution is 2.34. The van der Waals surface area contributed by atoms with Gasteiger partial charge in [0.05, 0.1) is 38.1 Å². The summed E-state index contributed by atoms with van der Waals surface area (Å²) in [6, 6.07) is 38.9. The summed E-state index contributed by atoms with van der Waals surface area (Å²) >= 11 is 13.1. The SMILES string of the molecule is O=C(O)c1cc(-c2ccccc2)ccc1CONc1ccc(-c2ccc(NC(=O)c3ccc(-c4ccccc4)cc3C(=O)O)c(Cl)c2)cc1Cl. The van der Waals surface area contributed by atoms with Crippen LogP contribution >= 0.6 is 23.2 Å². The van der Waals surface area contributed by atoms with E-state index in [0.29, 0.717) is 33.1 Å². The Morgan fingerprint density at radius 1 is 0.520 bits per heavy atom. The molecule has 0 saturated carbocycles. The van der Waals surface area contributed by atoms with Crippen LogP contribution in [0.15, 0.2) is 133 Å². The van der Waals surface area contributed by atoms with Crippen LogP contribution in [-0.4, -0.2) is 28.1 Å². The first-order valence-electron chi connectivity index (χ1n) is 15.3. The summed E-state index contributed by atoms with van der Waals surface area (Å²) < 4.78 is 0. The molecule has 50 heavy (non-hydrogen) atoms. The predicted octanol–water partition coefficient (Wildman–Crippen LogP) is 10.2. The zero-order valence-electron chi connectivity index (χ0n) is 26.2. The van der Waals surface area contributed by atoms with Crippen molar-refractivity contribution in [1.82, 2.24) is 0 Å². The zero-order valence-corrected chi connectivity index (χ0v) is 27.7. The van der Waals surface area contributed by atoms with Gasteiger partial charge in [0.15, 0.2) is 0 Å². The lowest BCUT2D eigenvalue weighted by Gasteiger charge is -2.14. The Balaban J connectivity index is 1.12. The number of nitrogens with one attached hydrogen (secondary N) is 2. The van der Waals surface area contributed by atoms with E-state index in [1.54, 1.807) is 54.6 Å². The number of anilines is 2. The van der Waals surface area contributed by atoms with Crippen LogP contribution in [0.2, 0.25) is 10.0 Å². The Morgan fingerprint density at radius 2 is 1.00 bits per heavy atom. The molecule has 0 aliphatic carbocycles. The Bertz CT molecular complexity index is 2230. The topological polar surface area (TPSA) is 125 Å². The lowest BCUT2D eigenvalue weighted by molar-refractivity contribution is 0.0682. The summed E-state index contributed by atoms with van der Waals surface area (Å²) in [5.41, 5.74) is 8.70. The average Bonchev–Trinajstić information content (AvgIpc) is 3.13. The van der Waals surface area contributed by atoms with Gasteiger partial charge in [-0.05, 0) is 81.4 Å². The van der Waals surface area contributed by atoms with Crippen LogP contribution in [0.5, 0.6) is 0 Å². The molecule has 248 valence electrons. The van der Waals surface area contributed by atoms with Crippen molar-refractivity contribution in [3.05, 3.63) is 166 Å². The second kappa shape index (κ2) is 15.1. The van der Waals surface area contributed by atoms with E-state index in [9.17, 15) is 24.6 Å². The second-order valence-corrected chi connectivity index (χ2v) is 12.0. The summed E-state index contributed by atoms with van der Waals surface area (Å²) in [7, 11) is 0. The minimum atomic E-state index is -1.22. The smallest absolute Gasteiger partial charge is 0.336 e. The van der Waals surface area contributed by atoms with Gasteiger partial charge in [0.1, 0.15) is 6.61 Å². The van der Waals surface area contributed by atoms with E-state index in [-0.39, 0.29) is 28.3 Å². The number of rotatable bonds is 11. The molecule has 0 aliphatic rings. The minimum Gasteiger partial charge on any atom is -0.478 e. The van der Waals surface area contributed by atoms with Crippen molar-refractivity contribution < 1.29 is 29.4 Å². The fourth-order valence-electron chi connectivity index (χ4n) is 5.40. The maximum atomic E-state index is 13.2. The van der Waals surface area contributed by atoms with Crippen LogP contribution in [0.1, 0.15) is 36.6 Å². The predicted molar refractivity (Wildman–Crippen MR) is 196 cm³/mol. The van der Waals surface area contributed by atoms with Crippen molar-refractivity contribution in [2.75, 3.05) is 10.8 Å². The molecule has 0 bridgehead atoms. The number of benzene rings is 6. The molecule has 6 aromatic carbocycles. The second-order valence-electron chi connectivity index (χ2n) is 11.2. The van der Waals surface area contributed by atoms with Crippen molar-refractivity contribution in [1.29, 1.82) is 0 Å². The molecule has 6 rings (SSSR count). The van der Waals surface area contributed by atoms with Crippen LogP contribution in [-0.2, 0) is 11.4 Å². The van der Waals surface area contributed by atoms with Crippen LogP contribution < -0.4 is 10.8 Å². The van der Waals surface area contributed by atoms with E-state index >= 15 is 0 Å². The third kappa shape index (κ3) is 7.69. The van der Waals surface area contributed by atoms with Gasteiger partial charge >= 0.3 is 11.9 Å². The van der Waals surface area contributed by atoms with Crippen LogP contribution in [0.4, 0.5) is 11.4 Å². The first-order chi connectivity index (χ1) is 24.2. The Labute approximate surface area is 297 Å². The molecule has 0 unspecified atom stereocenters. The number of carboxylic acids is 2. The molecule has 0 fully saturated rings. The normalized spacial score (nSPS) is 10.8. The van der Waals surface area contributed by atoms with E-state index in [4.69, 9.17) is 28.0 Å². The molecular formula is C40H28Cl2N2O6. The highest BCUT2D eigenvalue weighted by Gasteiger charge is 2.19. The summed E-state index contributed by atoms with van der Waals surface area (Å²) in [5.74, 6) is -2.90. The summed E-state index contributed by atoms with van der Waals surface area (Å²) in [5, 5.41) is 22.9. The van der Waals surface area contributed by atoms with Gasteiger partial charge in [-0.25, -0.2) is 9.59 Å². The van der Waals surface area contributed by atoms with Gasteiger partial charge in [-0.3, -0.25) is 15.1 Å². The third-order valence-corrected chi connectivity index (χ3v) is 8.60. The molecule has 1 amide bonds. The average molecular weight is 704 g/mol. The number of hydrogen-bond donors (Lipinski definition) is 4. The molecule has 6 aromatic rings. The van der Waals surface area contributed by atoms with Crippen LogP contribution in [0.25, 0.3) is 33.4 Å². The van der Waals surface area contributed by atoms with Crippen LogP contribution in [0, 0.1) is 0 Å². The summed E-state index contributed by atoms with van der Waals surface area (Å²) in [6.45, 7) is -0.0251. The molecule has 0 radical (unpaired) electrons. The van der Waals surface area contributed by atoms with Gasteiger partial charge in [0.2, 0.25) is 0 Å². The van der Waals surface area contributed by atoms with Crippen molar-refractivity contribution in [3.8, 4) is 33.4 Å². The quantitative estimate of drug-likeness (QED) is 0.0990. The molecule has 0 atom stereocenters. The van der Waals surface area contributed by atoms with Gasteiger partial charge in [-0.2, -0.15) is 0 Å². The zero-order chi connectivity index (χ0) is 35.2. The fraction of sp³-hybridized carbons (Fsp3) is 0.0250. The number of carboxylic acid groups (broad SMARTS) is 2. The fourth-order valence-corrected chi connectivity index (χ4v) is 5.84. The van der Waals surface area contributed by atoms with Crippen molar-refractivity contribution in [2.45, 2.75) is 6.61 Å². The van der Waals surface area contributed by atoms with Crippen molar-refractivity contribution >= 4 is 52.4 Å². The van der Waals surface area contributed by atoms with Crippen LogP contribution in [0.3, 0.4) is 0 Å². The number of hydrogen-bond acceptors (Lipinski definition) is 5. The van der Waals surface area contributed by atoms with Gasteiger partial charge in [-0.1, -0.05) is 114 Å². The number of carbonyl (C=O) groups excluding carboxylic acids is 1. The Hall–Kier alpha value is -5.93. The minimum absolute atomic E-state index is 0.00204. The number of amides is 1. The van der Waals surface area contributed by atoms with Crippen molar-refractivity contribution in [2.24, 2.45) is 0 Å². The summed E-state index contributed by atoms with van der Waals surface area (Å²) in [4.78, 5) is 42.8. The monoisotopic (exact) mass is 702 g/mol. The Kier molecular flexibility index (Phi) is 10.2. The maximum absolute atomic E-state index is 13.2. The number of aromatic carboxylic acids is 2. The van der Waals surface area contributed by atoms with Gasteiger partial charge in [0, 0.05) is 0 Å². The molecule has 8 nitrogen and oxygen atoms in total. The van der Waals surface area contributed by atoms with Crippen molar-refractivity contribution in [3.63, 3.8) is 0 Å². The third-order valence-electron chi connectivity index (χ3n) is 7.98. The first kappa shape index (κ1) is 34.0. The number of carbonyl (C=O) groups is 3.